The molecular weight excluding hydrogens is 196 g/mol. The zero-order valence-electron chi connectivity index (χ0n) is 6.64. The summed E-state index contributed by atoms with van der Waals surface area (Å²) < 4.78 is 5.66. The van der Waals surface area contributed by atoms with Crippen LogP contribution in [0.2, 0.25) is 0 Å². The second-order valence-corrected chi connectivity index (χ2v) is 4.23. The van der Waals surface area contributed by atoms with Gasteiger partial charge in [-0.15, -0.1) is 10.2 Å². The summed E-state index contributed by atoms with van der Waals surface area (Å²) in [5, 5.41) is 16.8. The van der Waals surface area contributed by atoms with Crippen molar-refractivity contribution in [2.45, 2.75) is 10.4 Å². The number of methoxy groups -OCH3 is 1. The Hall–Kier alpha value is -0.170. The van der Waals surface area contributed by atoms with E-state index in [2.05, 4.69) is 10.2 Å². The van der Waals surface area contributed by atoms with E-state index in [1.54, 1.807) is 12.6 Å². The van der Waals surface area contributed by atoms with Gasteiger partial charge < -0.3 is 9.84 Å². The Kier molecular flexibility index (Phi) is 4.52. The molecule has 1 heterocycles. The van der Waals surface area contributed by atoms with Crippen LogP contribution in [0.1, 0.15) is 0 Å². The standard InChI is InChI=1S/C6H10N2O2S2/c1-10-2-5(9)3-11-6-8-7-4-12-6/h4-5,9H,2-3H2,1H3/t5-/m0/s1. The van der Waals surface area contributed by atoms with Crippen LogP contribution in [0.4, 0.5) is 0 Å². The van der Waals surface area contributed by atoms with Crippen molar-refractivity contribution in [3.63, 3.8) is 0 Å². The lowest BCUT2D eigenvalue weighted by Gasteiger charge is -2.05. The highest BCUT2D eigenvalue weighted by Gasteiger charge is 2.05. The van der Waals surface area contributed by atoms with Gasteiger partial charge in [0.25, 0.3) is 0 Å². The largest absolute Gasteiger partial charge is 0.390 e. The molecule has 0 aliphatic rings. The Labute approximate surface area is 79.0 Å². The normalized spacial score (nSPS) is 13.2. The first kappa shape index (κ1) is 9.91. The van der Waals surface area contributed by atoms with Crippen LogP contribution in [-0.2, 0) is 4.74 Å². The summed E-state index contributed by atoms with van der Waals surface area (Å²) in [6, 6.07) is 0. The van der Waals surface area contributed by atoms with Crippen LogP contribution in [0.5, 0.6) is 0 Å². The third-order valence-corrected chi connectivity index (χ3v) is 3.10. The summed E-state index contributed by atoms with van der Waals surface area (Å²) in [6.07, 6.45) is -0.427. The van der Waals surface area contributed by atoms with Crippen LogP contribution in [0.3, 0.4) is 0 Å². The molecule has 0 saturated carbocycles. The molecule has 1 aromatic rings. The zero-order valence-corrected chi connectivity index (χ0v) is 8.27. The van der Waals surface area contributed by atoms with E-state index in [-0.39, 0.29) is 0 Å². The average molecular weight is 206 g/mol. The lowest BCUT2D eigenvalue weighted by molar-refractivity contribution is 0.0794. The predicted molar refractivity (Wildman–Crippen MR) is 48.5 cm³/mol. The van der Waals surface area contributed by atoms with E-state index in [1.807, 2.05) is 0 Å². The van der Waals surface area contributed by atoms with Crippen LogP contribution >= 0.6 is 23.1 Å². The summed E-state index contributed by atoms with van der Waals surface area (Å²) >= 11 is 2.96. The van der Waals surface area contributed by atoms with Gasteiger partial charge in [0.2, 0.25) is 0 Å². The van der Waals surface area contributed by atoms with E-state index in [9.17, 15) is 5.11 Å². The minimum absolute atomic E-state index is 0.367. The van der Waals surface area contributed by atoms with Crippen LogP contribution < -0.4 is 0 Å². The van der Waals surface area contributed by atoms with Gasteiger partial charge in [-0.25, -0.2) is 0 Å². The lowest BCUT2D eigenvalue weighted by Crippen LogP contribution is -2.16. The molecule has 68 valence electrons. The topological polar surface area (TPSA) is 55.2 Å². The molecule has 0 saturated heterocycles. The van der Waals surface area contributed by atoms with Gasteiger partial charge in [-0.3, -0.25) is 0 Å². The molecule has 6 heteroatoms. The minimum atomic E-state index is -0.427. The molecule has 12 heavy (non-hydrogen) atoms. The Bertz CT molecular complexity index is 205. The highest BCUT2D eigenvalue weighted by atomic mass is 32.2. The molecule has 4 nitrogen and oxygen atoms in total. The Balaban J connectivity index is 2.17. The second-order valence-electron chi connectivity index (χ2n) is 2.12. The van der Waals surface area contributed by atoms with Gasteiger partial charge in [0.05, 0.1) is 12.7 Å². The summed E-state index contributed by atoms with van der Waals surface area (Å²) in [6.45, 7) is 0.367. The maximum Gasteiger partial charge on any atom is 0.174 e. The molecule has 0 amide bonds. The minimum Gasteiger partial charge on any atom is -0.390 e. The molecule has 0 spiro atoms. The third kappa shape index (κ3) is 3.48. The van der Waals surface area contributed by atoms with Gasteiger partial charge in [0.1, 0.15) is 5.51 Å². The molecule has 0 aromatic carbocycles. The molecule has 1 atom stereocenters. The van der Waals surface area contributed by atoms with Crippen molar-refractivity contribution in [3.8, 4) is 0 Å². The number of hydrogen-bond donors (Lipinski definition) is 1. The van der Waals surface area contributed by atoms with Gasteiger partial charge in [-0.1, -0.05) is 23.1 Å². The number of aliphatic hydroxyl groups is 1. The van der Waals surface area contributed by atoms with E-state index in [4.69, 9.17) is 4.74 Å². The fourth-order valence-electron chi connectivity index (χ4n) is 0.634. The monoisotopic (exact) mass is 206 g/mol. The predicted octanol–water partition coefficient (Wildman–Crippen LogP) is 0.638. The molecule has 0 radical (unpaired) electrons. The van der Waals surface area contributed by atoms with Crippen molar-refractivity contribution in [1.29, 1.82) is 0 Å². The van der Waals surface area contributed by atoms with E-state index in [0.29, 0.717) is 12.4 Å². The van der Waals surface area contributed by atoms with E-state index >= 15 is 0 Å². The maximum absolute atomic E-state index is 9.26. The number of aromatic nitrogens is 2. The fourth-order valence-corrected chi connectivity index (χ4v) is 2.05. The molecule has 1 N–H and O–H groups in total. The molecule has 1 aromatic heterocycles. The fraction of sp³-hybridized carbons (Fsp3) is 0.667. The molecular formula is C6H10N2O2S2. The molecule has 0 aliphatic carbocycles. The Morgan fingerprint density at radius 1 is 1.83 bits per heavy atom. The van der Waals surface area contributed by atoms with Gasteiger partial charge in [0.15, 0.2) is 4.34 Å². The maximum atomic E-state index is 9.26. The van der Waals surface area contributed by atoms with Crippen LogP contribution in [0.15, 0.2) is 9.85 Å². The number of ether oxygens (including phenoxy) is 1. The molecule has 0 fully saturated rings. The third-order valence-electron chi connectivity index (χ3n) is 1.10. The van der Waals surface area contributed by atoms with Crippen molar-refractivity contribution >= 4 is 23.1 Å². The summed E-state index contributed by atoms with van der Waals surface area (Å²) in [5.74, 6) is 0.600. The summed E-state index contributed by atoms with van der Waals surface area (Å²) in [5.41, 5.74) is 1.67. The van der Waals surface area contributed by atoms with Crippen LogP contribution in [0, 0.1) is 0 Å². The highest BCUT2D eigenvalue weighted by molar-refractivity contribution is 8.01. The average Bonchev–Trinajstić information content (AvgIpc) is 2.53. The van der Waals surface area contributed by atoms with Gasteiger partial charge in [0, 0.05) is 12.9 Å². The smallest absolute Gasteiger partial charge is 0.174 e. The highest BCUT2D eigenvalue weighted by Crippen LogP contribution is 2.19. The molecule has 0 aliphatic heterocycles. The zero-order chi connectivity index (χ0) is 8.81. The quantitative estimate of drug-likeness (QED) is 0.716. The second kappa shape index (κ2) is 5.47. The first-order valence-electron chi connectivity index (χ1n) is 3.39. The number of nitrogens with zero attached hydrogens (tertiary/aromatic N) is 2. The molecule has 0 unspecified atom stereocenters. The van der Waals surface area contributed by atoms with Gasteiger partial charge >= 0.3 is 0 Å². The summed E-state index contributed by atoms with van der Waals surface area (Å²) in [4.78, 5) is 0. The van der Waals surface area contributed by atoms with Crippen molar-refractivity contribution < 1.29 is 9.84 Å². The Morgan fingerprint density at radius 2 is 2.67 bits per heavy atom. The number of rotatable bonds is 5. The number of hydrogen-bond acceptors (Lipinski definition) is 6. The van der Waals surface area contributed by atoms with Crippen molar-refractivity contribution in [3.05, 3.63) is 5.51 Å². The Morgan fingerprint density at radius 3 is 3.25 bits per heavy atom. The van der Waals surface area contributed by atoms with Crippen LogP contribution in [0.25, 0.3) is 0 Å². The first-order chi connectivity index (χ1) is 5.83. The molecule has 0 bridgehead atoms. The van der Waals surface area contributed by atoms with Crippen molar-refractivity contribution in [1.82, 2.24) is 10.2 Å². The van der Waals surface area contributed by atoms with Crippen molar-refractivity contribution in [2.75, 3.05) is 19.5 Å². The number of thioether (sulfide) groups is 1. The van der Waals surface area contributed by atoms with Crippen molar-refractivity contribution in [2.24, 2.45) is 0 Å². The first-order valence-corrected chi connectivity index (χ1v) is 5.25. The van der Waals surface area contributed by atoms with Crippen LogP contribution in [-0.4, -0.2) is 40.9 Å². The van der Waals surface area contributed by atoms with Gasteiger partial charge in [-0.2, -0.15) is 0 Å². The summed E-state index contributed by atoms with van der Waals surface area (Å²) in [7, 11) is 1.57. The SMILES string of the molecule is COC[C@H](O)CSc1nncs1. The lowest BCUT2D eigenvalue weighted by atomic mass is 10.4. The number of aliphatic hydroxyl groups excluding tert-OH is 1. The van der Waals surface area contributed by atoms with Gasteiger partial charge in [-0.05, 0) is 0 Å². The van der Waals surface area contributed by atoms with E-state index in [1.165, 1.54) is 23.1 Å². The van der Waals surface area contributed by atoms with E-state index < -0.39 is 6.10 Å². The molecule has 1 rings (SSSR count). The van der Waals surface area contributed by atoms with E-state index in [0.717, 1.165) is 4.34 Å².